The Hall–Kier alpha value is -0.340. The van der Waals surface area contributed by atoms with E-state index in [1.807, 2.05) is 4.90 Å². The monoisotopic (exact) mass is 406 g/mol. The van der Waals surface area contributed by atoms with Gasteiger partial charge >= 0.3 is 0 Å². The molecule has 0 aromatic heterocycles. The van der Waals surface area contributed by atoms with Crippen molar-refractivity contribution in [2.24, 2.45) is 0 Å². The van der Waals surface area contributed by atoms with Crippen LogP contribution in [0.4, 0.5) is 0 Å². The number of amides is 1. The summed E-state index contributed by atoms with van der Waals surface area (Å²) in [5.41, 5.74) is 0. The number of carbonyl (C=O) groups excluding carboxylic acids is 1. The number of nitrogens with zero attached hydrogens (tertiary/aromatic N) is 2. The van der Waals surface area contributed by atoms with Crippen LogP contribution >= 0.6 is 24.0 Å². The van der Waals surface area contributed by atoms with Gasteiger partial charge in [-0.1, -0.05) is 43.2 Å². The standard InChI is InChI=1S/C17H30N2O3S3/c1-3-18(4-2)17(23)24-12-16(20)19(14-8-6-5-7-9-14)15-10-11-25(21,22)13-15/h14-15H,3-13H2,1-2H3/t15-/m1/s1. The quantitative estimate of drug-likeness (QED) is 0.632. The number of hydrogen-bond acceptors (Lipinski definition) is 5. The molecule has 144 valence electrons. The van der Waals surface area contributed by atoms with E-state index in [4.69, 9.17) is 12.2 Å². The predicted molar refractivity (Wildman–Crippen MR) is 109 cm³/mol. The summed E-state index contributed by atoms with van der Waals surface area (Å²) in [4.78, 5) is 17.0. The lowest BCUT2D eigenvalue weighted by Crippen LogP contribution is -2.49. The number of rotatable bonds is 6. The van der Waals surface area contributed by atoms with E-state index < -0.39 is 9.84 Å². The number of hydrogen-bond donors (Lipinski definition) is 0. The van der Waals surface area contributed by atoms with Crippen LogP contribution in [0.25, 0.3) is 0 Å². The molecule has 1 amide bonds. The van der Waals surface area contributed by atoms with Gasteiger partial charge in [-0.3, -0.25) is 4.79 Å². The number of carbonyl (C=O) groups is 1. The SMILES string of the molecule is CCN(CC)C(=S)SCC(=O)N(C1CCCCC1)[C@@H]1CCS(=O)(=O)C1. The Bertz CT molecular complexity index is 570. The van der Waals surface area contributed by atoms with Crippen LogP contribution in [-0.4, -0.2) is 70.9 Å². The van der Waals surface area contributed by atoms with Gasteiger partial charge in [0.25, 0.3) is 0 Å². The molecule has 1 saturated carbocycles. The van der Waals surface area contributed by atoms with Crippen molar-refractivity contribution in [2.75, 3.05) is 30.3 Å². The van der Waals surface area contributed by atoms with Crippen LogP contribution in [0.15, 0.2) is 0 Å². The van der Waals surface area contributed by atoms with E-state index in [0.29, 0.717) is 12.2 Å². The van der Waals surface area contributed by atoms with Gasteiger partial charge in [-0.25, -0.2) is 8.42 Å². The zero-order valence-corrected chi connectivity index (χ0v) is 17.7. The van der Waals surface area contributed by atoms with Crippen molar-refractivity contribution in [3.05, 3.63) is 0 Å². The molecule has 0 aromatic carbocycles. The summed E-state index contributed by atoms with van der Waals surface area (Å²) >= 11 is 6.84. The molecule has 2 aliphatic rings. The first-order valence-corrected chi connectivity index (χ1v) is 12.5. The average Bonchev–Trinajstić information content (AvgIpc) is 2.95. The smallest absolute Gasteiger partial charge is 0.233 e. The van der Waals surface area contributed by atoms with Crippen molar-refractivity contribution in [1.29, 1.82) is 0 Å². The maximum atomic E-state index is 13.0. The van der Waals surface area contributed by atoms with Crippen LogP contribution in [0.5, 0.6) is 0 Å². The van der Waals surface area contributed by atoms with E-state index in [1.165, 1.54) is 18.2 Å². The highest BCUT2D eigenvalue weighted by Gasteiger charge is 2.38. The van der Waals surface area contributed by atoms with Gasteiger partial charge < -0.3 is 9.80 Å². The summed E-state index contributed by atoms with van der Waals surface area (Å²) in [5.74, 6) is 0.690. The van der Waals surface area contributed by atoms with E-state index in [9.17, 15) is 13.2 Å². The summed E-state index contributed by atoms with van der Waals surface area (Å²) in [6, 6.07) is 0.0467. The van der Waals surface area contributed by atoms with Crippen molar-refractivity contribution in [2.45, 2.75) is 64.5 Å². The molecule has 1 atom stereocenters. The van der Waals surface area contributed by atoms with E-state index in [-0.39, 0.29) is 29.5 Å². The second kappa shape index (κ2) is 9.55. The molecule has 1 saturated heterocycles. The maximum absolute atomic E-state index is 13.0. The Morgan fingerprint density at radius 2 is 1.72 bits per heavy atom. The molecule has 0 bridgehead atoms. The normalized spacial score (nSPS) is 23.4. The van der Waals surface area contributed by atoms with E-state index in [1.54, 1.807) is 0 Å². The zero-order chi connectivity index (χ0) is 18.4. The molecular weight excluding hydrogens is 376 g/mol. The molecule has 8 heteroatoms. The largest absolute Gasteiger partial charge is 0.358 e. The van der Waals surface area contributed by atoms with E-state index >= 15 is 0 Å². The molecule has 1 heterocycles. The van der Waals surface area contributed by atoms with Gasteiger partial charge in [-0.05, 0) is 33.1 Å². The molecule has 2 rings (SSSR count). The molecule has 0 N–H and O–H groups in total. The maximum Gasteiger partial charge on any atom is 0.233 e. The summed E-state index contributed by atoms with van der Waals surface area (Å²) < 4.78 is 24.6. The lowest BCUT2D eigenvalue weighted by Gasteiger charge is -2.38. The fraction of sp³-hybridized carbons (Fsp3) is 0.882. The van der Waals surface area contributed by atoms with E-state index in [0.717, 1.165) is 43.1 Å². The minimum Gasteiger partial charge on any atom is -0.358 e. The second-order valence-electron chi connectivity index (χ2n) is 6.88. The molecule has 0 aromatic rings. The molecule has 0 radical (unpaired) electrons. The predicted octanol–water partition coefficient (Wildman–Crippen LogP) is 2.69. The molecule has 2 fully saturated rings. The highest BCUT2D eigenvalue weighted by atomic mass is 32.2. The molecule has 25 heavy (non-hydrogen) atoms. The van der Waals surface area contributed by atoms with Crippen molar-refractivity contribution >= 4 is 44.0 Å². The first kappa shape index (κ1) is 21.0. The van der Waals surface area contributed by atoms with Crippen molar-refractivity contribution in [3.8, 4) is 0 Å². The topological polar surface area (TPSA) is 57.7 Å². The van der Waals surface area contributed by atoms with Crippen LogP contribution in [0.1, 0.15) is 52.4 Å². The van der Waals surface area contributed by atoms with Crippen LogP contribution in [-0.2, 0) is 14.6 Å². The minimum atomic E-state index is -3.00. The second-order valence-corrected chi connectivity index (χ2v) is 10.7. The van der Waals surface area contributed by atoms with Gasteiger partial charge in [0.05, 0.1) is 17.3 Å². The minimum absolute atomic E-state index is 0.0495. The van der Waals surface area contributed by atoms with Gasteiger partial charge in [-0.2, -0.15) is 0 Å². The Balaban J connectivity index is 2.03. The van der Waals surface area contributed by atoms with Gasteiger partial charge in [0, 0.05) is 25.2 Å². The molecular formula is C17H30N2O3S3. The van der Waals surface area contributed by atoms with Gasteiger partial charge in [0.1, 0.15) is 4.32 Å². The third-order valence-corrected chi connectivity index (χ3v) is 8.46. The van der Waals surface area contributed by atoms with Gasteiger partial charge in [-0.15, -0.1) is 0 Å². The fourth-order valence-electron chi connectivity index (χ4n) is 3.83. The van der Waals surface area contributed by atoms with Crippen molar-refractivity contribution in [1.82, 2.24) is 9.80 Å². The summed E-state index contributed by atoms with van der Waals surface area (Å²) in [5, 5.41) is 0. The van der Waals surface area contributed by atoms with Crippen molar-refractivity contribution in [3.63, 3.8) is 0 Å². The number of thiocarbonyl (C=S) groups is 1. The lowest BCUT2D eigenvalue weighted by molar-refractivity contribution is -0.133. The van der Waals surface area contributed by atoms with E-state index in [2.05, 4.69) is 18.7 Å². The van der Waals surface area contributed by atoms with Crippen LogP contribution in [0.2, 0.25) is 0 Å². The Labute approximate surface area is 161 Å². The van der Waals surface area contributed by atoms with Crippen LogP contribution in [0.3, 0.4) is 0 Å². The number of sulfone groups is 1. The molecule has 0 unspecified atom stereocenters. The third kappa shape index (κ3) is 5.82. The highest BCUT2D eigenvalue weighted by Crippen LogP contribution is 2.29. The Kier molecular flexibility index (Phi) is 8.01. The molecule has 1 aliphatic carbocycles. The summed E-state index contributed by atoms with van der Waals surface area (Å²) in [6.07, 6.45) is 6.02. The fourth-order valence-corrected chi connectivity index (χ4v) is 6.81. The number of thioether (sulfide) groups is 1. The van der Waals surface area contributed by atoms with Crippen LogP contribution in [0, 0.1) is 0 Å². The third-order valence-electron chi connectivity index (χ3n) is 5.20. The summed E-state index contributed by atoms with van der Waals surface area (Å²) in [7, 11) is -3.00. The lowest BCUT2D eigenvalue weighted by atomic mass is 9.93. The van der Waals surface area contributed by atoms with Gasteiger partial charge in [0.15, 0.2) is 9.84 Å². The average molecular weight is 407 g/mol. The molecule has 0 spiro atoms. The first-order chi connectivity index (χ1) is 11.9. The Morgan fingerprint density at radius 1 is 1.08 bits per heavy atom. The highest BCUT2D eigenvalue weighted by molar-refractivity contribution is 8.23. The Morgan fingerprint density at radius 3 is 2.24 bits per heavy atom. The van der Waals surface area contributed by atoms with Crippen molar-refractivity contribution < 1.29 is 13.2 Å². The van der Waals surface area contributed by atoms with Crippen LogP contribution < -0.4 is 0 Å². The summed E-state index contributed by atoms with van der Waals surface area (Å²) in [6.45, 7) is 5.78. The molecule has 1 aliphatic heterocycles. The zero-order valence-electron chi connectivity index (χ0n) is 15.3. The first-order valence-electron chi connectivity index (χ1n) is 9.31. The van der Waals surface area contributed by atoms with Gasteiger partial charge in [0.2, 0.25) is 5.91 Å². The molecule has 5 nitrogen and oxygen atoms in total.